The Morgan fingerprint density at radius 2 is 2.11 bits per heavy atom. The molecule has 1 heterocycles. The molecule has 5 nitrogen and oxygen atoms in total. The molecule has 0 spiro atoms. The van der Waals surface area contributed by atoms with Crippen molar-refractivity contribution in [3.63, 3.8) is 0 Å². The number of benzene rings is 1. The number of nitrogens with one attached hydrogen (secondary N) is 2. The summed E-state index contributed by atoms with van der Waals surface area (Å²) in [5.41, 5.74) is -0.233. The fourth-order valence-corrected chi connectivity index (χ4v) is 1.72. The van der Waals surface area contributed by atoms with Gasteiger partial charge in [-0.2, -0.15) is 5.10 Å². The van der Waals surface area contributed by atoms with Crippen LogP contribution in [0.4, 0.5) is 10.2 Å². The monoisotopic (exact) mass is 311 g/mol. The molecule has 2 rings (SSSR count). The predicted octanol–water partition coefficient (Wildman–Crippen LogP) is 1.92. The van der Waals surface area contributed by atoms with Gasteiger partial charge in [0.2, 0.25) is 0 Å². The van der Waals surface area contributed by atoms with Crippen molar-refractivity contribution in [3.8, 4) is 0 Å². The lowest BCUT2D eigenvalue weighted by atomic mass is 10.2. The molecule has 0 aliphatic heterocycles. The molecule has 1 aromatic carbocycles. The van der Waals surface area contributed by atoms with Crippen molar-refractivity contribution in [3.05, 3.63) is 56.5 Å². The number of carbonyl (C=O) groups is 1. The van der Waals surface area contributed by atoms with Crippen molar-refractivity contribution >= 4 is 27.7 Å². The van der Waals surface area contributed by atoms with E-state index in [1.165, 1.54) is 30.3 Å². The second kappa shape index (κ2) is 5.09. The molecular formula is C11H7BrFN3O2. The molecule has 0 fully saturated rings. The zero-order valence-corrected chi connectivity index (χ0v) is 10.5. The first-order valence-corrected chi connectivity index (χ1v) is 5.68. The van der Waals surface area contributed by atoms with Crippen LogP contribution in [-0.4, -0.2) is 16.1 Å². The van der Waals surface area contributed by atoms with Gasteiger partial charge in [-0.15, -0.1) is 0 Å². The molecule has 0 radical (unpaired) electrons. The van der Waals surface area contributed by atoms with Gasteiger partial charge in [-0.25, -0.2) is 9.49 Å². The summed E-state index contributed by atoms with van der Waals surface area (Å²) < 4.78 is 13.3. The molecule has 2 N–H and O–H groups in total. The summed E-state index contributed by atoms with van der Waals surface area (Å²) in [6.07, 6.45) is 0. The van der Waals surface area contributed by atoms with Crippen molar-refractivity contribution in [2.75, 3.05) is 5.32 Å². The fraction of sp³-hybridized carbons (Fsp3) is 0. The molecule has 7 heteroatoms. The maximum atomic E-state index is 13.2. The minimum atomic E-state index is -0.530. The van der Waals surface area contributed by atoms with Crippen LogP contribution < -0.4 is 10.9 Å². The molecule has 0 atom stereocenters. The van der Waals surface area contributed by atoms with Gasteiger partial charge in [-0.05, 0) is 34.1 Å². The number of nitrogens with zero attached hydrogens (tertiary/aromatic N) is 1. The van der Waals surface area contributed by atoms with Crippen molar-refractivity contribution in [1.82, 2.24) is 10.2 Å². The summed E-state index contributed by atoms with van der Waals surface area (Å²) >= 11 is 2.99. The molecule has 1 amide bonds. The lowest BCUT2D eigenvalue weighted by Crippen LogP contribution is -2.16. The van der Waals surface area contributed by atoms with E-state index in [4.69, 9.17) is 0 Å². The number of aromatic nitrogens is 2. The summed E-state index contributed by atoms with van der Waals surface area (Å²) in [7, 11) is 0. The summed E-state index contributed by atoms with van der Waals surface area (Å²) in [5.74, 6) is -0.881. The Bertz CT molecular complexity index is 636. The highest BCUT2D eigenvalue weighted by Crippen LogP contribution is 2.21. The molecule has 92 valence electrons. The maximum Gasteiger partial charge on any atom is 0.264 e. The Hall–Kier alpha value is -2.02. The van der Waals surface area contributed by atoms with Gasteiger partial charge < -0.3 is 5.32 Å². The van der Waals surface area contributed by atoms with Gasteiger partial charge in [0.15, 0.2) is 5.82 Å². The number of H-pyrrole nitrogens is 1. The molecule has 18 heavy (non-hydrogen) atoms. The van der Waals surface area contributed by atoms with Gasteiger partial charge >= 0.3 is 0 Å². The van der Waals surface area contributed by atoms with Crippen molar-refractivity contribution < 1.29 is 9.18 Å². The van der Waals surface area contributed by atoms with E-state index in [1.807, 2.05) is 0 Å². The van der Waals surface area contributed by atoms with Gasteiger partial charge in [0.1, 0.15) is 5.82 Å². The predicted molar refractivity (Wildman–Crippen MR) is 66.9 cm³/mol. The van der Waals surface area contributed by atoms with Crippen LogP contribution in [-0.2, 0) is 0 Å². The lowest BCUT2D eigenvalue weighted by Gasteiger charge is -2.05. The number of halogens is 2. The Morgan fingerprint density at radius 1 is 1.33 bits per heavy atom. The van der Waals surface area contributed by atoms with Crippen LogP contribution >= 0.6 is 15.9 Å². The van der Waals surface area contributed by atoms with Crippen LogP contribution in [0.2, 0.25) is 0 Å². The average Bonchev–Trinajstić information content (AvgIpc) is 2.35. The second-order valence-corrected chi connectivity index (χ2v) is 4.15. The molecule has 0 unspecified atom stereocenters. The minimum absolute atomic E-state index is 0.0759. The molecular weight excluding hydrogens is 305 g/mol. The molecule has 0 bridgehead atoms. The van der Waals surface area contributed by atoms with Gasteiger partial charge in [0, 0.05) is 6.07 Å². The van der Waals surface area contributed by atoms with Crippen LogP contribution in [0.1, 0.15) is 10.4 Å². The Balaban J connectivity index is 2.24. The third-order valence-corrected chi connectivity index (χ3v) is 2.92. The van der Waals surface area contributed by atoms with E-state index in [2.05, 4.69) is 31.4 Å². The second-order valence-electron chi connectivity index (χ2n) is 3.36. The van der Waals surface area contributed by atoms with E-state index in [0.29, 0.717) is 0 Å². The summed E-state index contributed by atoms with van der Waals surface area (Å²) in [6.45, 7) is 0. The summed E-state index contributed by atoms with van der Waals surface area (Å²) in [5, 5.41) is 8.23. The highest BCUT2D eigenvalue weighted by atomic mass is 79.9. The van der Waals surface area contributed by atoms with E-state index in [-0.39, 0.29) is 21.4 Å². The van der Waals surface area contributed by atoms with E-state index in [1.54, 1.807) is 0 Å². The number of hydrogen-bond acceptors (Lipinski definition) is 3. The van der Waals surface area contributed by atoms with E-state index >= 15 is 0 Å². The summed E-state index contributed by atoms with van der Waals surface area (Å²) in [6, 6.07) is 6.70. The number of hydrogen-bond donors (Lipinski definition) is 2. The van der Waals surface area contributed by atoms with Crippen LogP contribution in [0.5, 0.6) is 0 Å². The quantitative estimate of drug-likeness (QED) is 0.890. The van der Waals surface area contributed by atoms with Crippen molar-refractivity contribution in [2.45, 2.75) is 0 Å². The van der Waals surface area contributed by atoms with Gasteiger partial charge in [0.25, 0.3) is 11.5 Å². The van der Waals surface area contributed by atoms with E-state index in [0.717, 1.165) is 0 Å². The highest BCUT2D eigenvalue weighted by Gasteiger charge is 2.13. The average molecular weight is 312 g/mol. The number of aromatic amines is 1. The zero-order chi connectivity index (χ0) is 13.1. The largest absolute Gasteiger partial charge is 0.305 e. The third-order valence-electron chi connectivity index (χ3n) is 2.12. The smallest absolute Gasteiger partial charge is 0.264 e. The van der Waals surface area contributed by atoms with Crippen LogP contribution in [0, 0.1) is 5.82 Å². The Morgan fingerprint density at radius 3 is 2.78 bits per heavy atom. The number of rotatable bonds is 2. The van der Waals surface area contributed by atoms with Crippen LogP contribution in [0.15, 0.2) is 39.6 Å². The number of carbonyl (C=O) groups excluding carboxylic acids is 1. The van der Waals surface area contributed by atoms with Crippen molar-refractivity contribution in [1.29, 1.82) is 0 Å². The van der Waals surface area contributed by atoms with Crippen LogP contribution in [0.25, 0.3) is 0 Å². The highest BCUT2D eigenvalue weighted by molar-refractivity contribution is 9.10. The molecule has 2 aromatic rings. The van der Waals surface area contributed by atoms with Crippen molar-refractivity contribution in [2.24, 2.45) is 0 Å². The van der Waals surface area contributed by atoms with E-state index < -0.39 is 11.7 Å². The molecule has 0 aliphatic rings. The standard InChI is InChI=1S/C11H7BrFN3O2/c12-10-6(2-1-3-7(10)13)11(18)14-8-4-5-9(17)16-15-8/h1-5H,(H,16,17)(H,14,15,18). The van der Waals surface area contributed by atoms with Gasteiger partial charge in [-0.3, -0.25) is 9.59 Å². The number of anilines is 1. The zero-order valence-electron chi connectivity index (χ0n) is 8.91. The molecule has 0 saturated carbocycles. The Labute approximate surface area is 109 Å². The Kier molecular flexibility index (Phi) is 3.52. The van der Waals surface area contributed by atoms with Gasteiger partial charge in [0.05, 0.1) is 10.0 Å². The first-order valence-electron chi connectivity index (χ1n) is 4.89. The van der Waals surface area contributed by atoms with Gasteiger partial charge in [-0.1, -0.05) is 6.07 Å². The SMILES string of the molecule is O=C(Nc1ccc(=O)[nH]n1)c1cccc(F)c1Br. The fourth-order valence-electron chi connectivity index (χ4n) is 1.28. The van der Waals surface area contributed by atoms with E-state index in [9.17, 15) is 14.0 Å². The normalized spacial score (nSPS) is 10.1. The molecule has 0 saturated heterocycles. The minimum Gasteiger partial charge on any atom is -0.305 e. The maximum absolute atomic E-state index is 13.2. The third kappa shape index (κ3) is 2.62. The lowest BCUT2D eigenvalue weighted by molar-refractivity contribution is 0.102. The first kappa shape index (κ1) is 12.4. The summed E-state index contributed by atoms with van der Waals surface area (Å²) in [4.78, 5) is 22.6. The van der Waals surface area contributed by atoms with Crippen LogP contribution in [0.3, 0.4) is 0 Å². The topological polar surface area (TPSA) is 74.8 Å². The molecule has 1 aromatic heterocycles. The molecule has 0 aliphatic carbocycles. The first-order chi connectivity index (χ1) is 8.58. The number of amides is 1.